The summed E-state index contributed by atoms with van der Waals surface area (Å²) in [6.45, 7) is 2.83. The topological polar surface area (TPSA) is 88.4 Å². The number of rotatable bonds is 4. The Morgan fingerprint density at radius 1 is 1.50 bits per heavy atom. The van der Waals surface area contributed by atoms with Crippen LogP contribution in [0, 0.1) is 4.91 Å². The summed E-state index contributed by atoms with van der Waals surface area (Å²) in [6, 6.07) is 0. The molecule has 14 heavy (non-hydrogen) atoms. The predicted molar refractivity (Wildman–Crippen MR) is 47.6 cm³/mol. The van der Waals surface area contributed by atoms with Crippen LogP contribution in [0.3, 0.4) is 0 Å². The Balaban J connectivity index is 2.63. The van der Waals surface area contributed by atoms with Crippen LogP contribution in [-0.4, -0.2) is 47.5 Å². The van der Waals surface area contributed by atoms with Crippen LogP contribution in [0.25, 0.3) is 0 Å². The Bertz CT molecular complexity index is 208. The van der Waals surface area contributed by atoms with Crippen molar-refractivity contribution in [3.63, 3.8) is 0 Å². The van der Waals surface area contributed by atoms with Crippen LogP contribution in [0.15, 0.2) is 5.18 Å². The van der Waals surface area contributed by atoms with Gasteiger partial charge in [0.05, 0.1) is 6.61 Å². The highest BCUT2D eigenvalue weighted by Gasteiger charge is 2.44. The second-order valence-corrected chi connectivity index (χ2v) is 3.70. The number of nitrogens with zero attached hydrogens (tertiary/aromatic N) is 1. The van der Waals surface area contributed by atoms with Gasteiger partial charge in [0.25, 0.3) is 0 Å². The van der Waals surface area contributed by atoms with Crippen LogP contribution in [0.5, 0.6) is 0 Å². The molecule has 0 amide bonds. The molecule has 6 heteroatoms. The lowest BCUT2D eigenvalue weighted by atomic mass is 10.1. The molecule has 0 aromatic heterocycles. The number of hydrogen-bond acceptors (Lipinski definition) is 6. The molecule has 1 rings (SSSR count). The van der Waals surface area contributed by atoms with Gasteiger partial charge in [-0.2, -0.15) is 4.91 Å². The van der Waals surface area contributed by atoms with E-state index in [1.807, 2.05) is 0 Å². The molecule has 1 aliphatic rings. The van der Waals surface area contributed by atoms with Crippen molar-refractivity contribution in [2.24, 2.45) is 5.18 Å². The zero-order valence-electron chi connectivity index (χ0n) is 8.21. The molecule has 0 saturated carbocycles. The maximum Gasteiger partial charge on any atom is 0.164 e. The lowest BCUT2D eigenvalue weighted by Gasteiger charge is -2.19. The van der Waals surface area contributed by atoms with Crippen molar-refractivity contribution in [1.29, 1.82) is 0 Å². The third-order valence-electron chi connectivity index (χ3n) is 2.04. The van der Waals surface area contributed by atoms with Gasteiger partial charge >= 0.3 is 0 Å². The minimum Gasteiger partial charge on any atom is -0.394 e. The van der Waals surface area contributed by atoms with E-state index in [1.165, 1.54) is 0 Å². The first kappa shape index (κ1) is 11.5. The molecular weight excluding hydrogens is 190 g/mol. The average molecular weight is 205 g/mol. The highest BCUT2D eigenvalue weighted by atomic mass is 16.8. The van der Waals surface area contributed by atoms with Crippen molar-refractivity contribution < 1.29 is 19.7 Å². The van der Waals surface area contributed by atoms with Crippen molar-refractivity contribution in [1.82, 2.24) is 0 Å². The molecule has 0 bridgehead atoms. The lowest BCUT2D eigenvalue weighted by molar-refractivity contribution is -0.156. The number of hydrogen-bond donors (Lipinski definition) is 2. The molecule has 1 aliphatic heterocycles. The van der Waals surface area contributed by atoms with Gasteiger partial charge in [-0.15, -0.1) is 0 Å². The van der Waals surface area contributed by atoms with Gasteiger partial charge in [0, 0.05) is 0 Å². The molecular formula is C8H15NO5. The molecule has 1 heterocycles. The van der Waals surface area contributed by atoms with E-state index >= 15 is 0 Å². The summed E-state index contributed by atoms with van der Waals surface area (Å²) in [7, 11) is 0. The van der Waals surface area contributed by atoms with E-state index in [2.05, 4.69) is 5.18 Å². The van der Waals surface area contributed by atoms with Crippen LogP contribution in [-0.2, 0) is 9.47 Å². The Labute approximate surface area is 81.8 Å². The van der Waals surface area contributed by atoms with Crippen LogP contribution in [0.2, 0.25) is 0 Å². The van der Waals surface area contributed by atoms with E-state index in [9.17, 15) is 10.0 Å². The van der Waals surface area contributed by atoms with Gasteiger partial charge in [0.15, 0.2) is 5.79 Å². The second-order valence-electron chi connectivity index (χ2n) is 3.70. The summed E-state index contributed by atoms with van der Waals surface area (Å²) < 4.78 is 10.6. The van der Waals surface area contributed by atoms with Crippen molar-refractivity contribution in [2.75, 3.05) is 13.2 Å². The molecule has 82 valence electrons. The summed E-state index contributed by atoms with van der Waals surface area (Å²) in [5.74, 6) is -0.845. The maximum absolute atomic E-state index is 9.96. The van der Waals surface area contributed by atoms with Crippen molar-refractivity contribution >= 4 is 0 Å². The summed E-state index contributed by atoms with van der Waals surface area (Å²) >= 11 is 0. The first-order valence-corrected chi connectivity index (χ1v) is 4.44. The minimum absolute atomic E-state index is 0.260. The fourth-order valence-electron chi connectivity index (χ4n) is 1.51. The van der Waals surface area contributed by atoms with Crippen LogP contribution in [0.4, 0.5) is 0 Å². The fourth-order valence-corrected chi connectivity index (χ4v) is 1.51. The highest BCUT2D eigenvalue weighted by molar-refractivity contribution is 4.86. The summed E-state index contributed by atoms with van der Waals surface area (Å²) in [5.41, 5.74) is 0. The molecule has 0 aliphatic carbocycles. The predicted octanol–water partition coefficient (Wildman–Crippen LogP) is -0.374. The normalized spacial score (nSPS) is 32.9. The van der Waals surface area contributed by atoms with Crippen LogP contribution < -0.4 is 0 Å². The fraction of sp³-hybridized carbons (Fsp3) is 1.00. The largest absolute Gasteiger partial charge is 0.394 e. The summed E-state index contributed by atoms with van der Waals surface area (Å²) in [4.78, 5) is 9.96. The van der Waals surface area contributed by atoms with Gasteiger partial charge < -0.3 is 19.7 Å². The van der Waals surface area contributed by atoms with E-state index in [4.69, 9.17) is 14.6 Å². The maximum atomic E-state index is 9.96. The van der Waals surface area contributed by atoms with Gasteiger partial charge in [0.1, 0.15) is 24.9 Å². The quantitative estimate of drug-likeness (QED) is 0.611. The van der Waals surface area contributed by atoms with Crippen molar-refractivity contribution in [3.8, 4) is 0 Å². The minimum atomic E-state index is -1.04. The second kappa shape index (κ2) is 4.31. The smallest absolute Gasteiger partial charge is 0.164 e. The monoisotopic (exact) mass is 205 g/mol. The van der Waals surface area contributed by atoms with E-state index in [0.29, 0.717) is 0 Å². The molecule has 0 aromatic rings. The molecule has 0 spiro atoms. The SMILES string of the molecule is CC1(C)O[C@H]([C@@H](O)CN=O)[C@H](CO)O1. The standard InChI is InChI=1S/C8H15NO5/c1-8(2)13-6(4-10)7(14-8)5(11)3-9-12/h5-7,10-11H,3-4H2,1-2H3/t5-,6-,7+/m0/s1. The molecule has 0 unspecified atom stereocenters. The van der Waals surface area contributed by atoms with E-state index in [1.54, 1.807) is 13.8 Å². The Kier molecular flexibility index (Phi) is 3.54. The molecule has 1 fully saturated rings. The van der Waals surface area contributed by atoms with Gasteiger partial charge in [0.2, 0.25) is 0 Å². The third-order valence-corrected chi connectivity index (χ3v) is 2.04. The van der Waals surface area contributed by atoms with E-state index < -0.39 is 24.1 Å². The molecule has 0 radical (unpaired) electrons. The molecule has 1 saturated heterocycles. The zero-order chi connectivity index (χ0) is 10.8. The van der Waals surface area contributed by atoms with Gasteiger partial charge in [-0.3, -0.25) is 0 Å². The molecule has 0 aromatic carbocycles. The molecule has 6 nitrogen and oxygen atoms in total. The first-order chi connectivity index (χ1) is 6.50. The molecule has 2 N–H and O–H groups in total. The van der Waals surface area contributed by atoms with E-state index in [0.717, 1.165) is 0 Å². The van der Waals surface area contributed by atoms with E-state index in [-0.39, 0.29) is 13.2 Å². The van der Waals surface area contributed by atoms with Crippen molar-refractivity contribution in [2.45, 2.75) is 37.9 Å². The zero-order valence-corrected chi connectivity index (χ0v) is 8.21. The van der Waals surface area contributed by atoms with Gasteiger partial charge in [-0.05, 0) is 13.8 Å². The van der Waals surface area contributed by atoms with Crippen molar-refractivity contribution in [3.05, 3.63) is 4.91 Å². The average Bonchev–Trinajstić information content (AvgIpc) is 2.41. The van der Waals surface area contributed by atoms with Gasteiger partial charge in [-0.1, -0.05) is 5.18 Å². The van der Waals surface area contributed by atoms with Crippen LogP contribution in [0.1, 0.15) is 13.8 Å². The highest BCUT2D eigenvalue weighted by Crippen LogP contribution is 2.29. The van der Waals surface area contributed by atoms with Crippen LogP contribution >= 0.6 is 0 Å². The lowest BCUT2D eigenvalue weighted by Crippen LogP contribution is -2.39. The Morgan fingerprint density at radius 2 is 2.14 bits per heavy atom. The first-order valence-electron chi connectivity index (χ1n) is 4.44. The molecule has 3 atom stereocenters. The Morgan fingerprint density at radius 3 is 2.64 bits per heavy atom. The van der Waals surface area contributed by atoms with Gasteiger partial charge in [-0.25, -0.2) is 0 Å². The number of aliphatic hydroxyl groups excluding tert-OH is 2. The Hall–Kier alpha value is -0.560. The number of nitroso groups, excluding NO2 is 1. The number of aliphatic hydroxyl groups is 2. The summed E-state index contributed by atoms with van der Waals surface area (Å²) in [5, 5.41) is 21.0. The number of ether oxygens (including phenoxy) is 2. The third kappa shape index (κ3) is 2.48. The summed E-state index contributed by atoms with van der Waals surface area (Å²) in [6.07, 6.45) is -2.35.